The summed E-state index contributed by atoms with van der Waals surface area (Å²) in [4.78, 5) is 0. The summed E-state index contributed by atoms with van der Waals surface area (Å²) in [5, 5.41) is 4.83. The quantitative estimate of drug-likeness (QED) is 0.714. The molecule has 0 bridgehead atoms. The maximum absolute atomic E-state index is 6.15. The van der Waals surface area contributed by atoms with Crippen LogP contribution in [-0.4, -0.2) is 6.61 Å². The second kappa shape index (κ2) is 7.07. The summed E-state index contributed by atoms with van der Waals surface area (Å²) in [6, 6.07) is 11.1. The van der Waals surface area contributed by atoms with Crippen LogP contribution in [0.3, 0.4) is 0 Å². The van der Waals surface area contributed by atoms with Gasteiger partial charge in [0.2, 0.25) is 0 Å². The number of hydrogen-bond acceptors (Lipinski definition) is 2. The monoisotopic (exact) mass is 329 g/mol. The molecule has 0 unspecified atom stereocenters. The molecule has 2 aromatic rings. The van der Waals surface area contributed by atoms with E-state index in [0.29, 0.717) is 28.2 Å². The van der Waals surface area contributed by atoms with Gasteiger partial charge in [0, 0.05) is 22.8 Å². The Labute approximate surface area is 133 Å². The standard InChI is InChI=1S/C15H14Cl3NO/c1-2-20-11-5-3-10(4-6-11)19-9-12-13(16)7-8-14(17)15(12)18/h3-8,19H,2,9H2,1H3. The Bertz CT molecular complexity index is 584. The fraction of sp³-hybridized carbons (Fsp3) is 0.200. The van der Waals surface area contributed by atoms with Crippen LogP contribution in [0.1, 0.15) is 12.5 Å². The summed E-state index contributed by atoms with van der Waals surface area (Å²) in [7, 11) is 0. The van der Waals surface area contributed by atoms with Crippen LogP contribution in [0.5, 0.6) is 5.75 Å². The molecule has 2 nitrogen and oxygen atoms in total. The van der Waals surface area contributed by atoms with E-state index < -0.39 is 0 Å². The number of nitrogens with one attached hydrogen (secondary N) is 1. The second-order valence-electron chi connectivity index (χ2n) is 4.13. The van der Waals surface area contributed by atoms with Crippen molar-refractivity contribution in [1.82, 2.24) is 0 Å². The maximum Gasteiger partial charge on any atom is 0.119 e. The SMILES string of the molecule is CCOc1ccc(NCc2c(Cl)ccc(Cl)c2Cl)cc1. The molecule has 20 heavy (non-hydrogen) atoms. The van der Waals surface area contributed by atoms with E-state index in [1.807, 2.05) is 31.2 Å². The molecule has 0 amide bonds. The Hall–Kier alpha value is -1.09. The van der Waals surface area contributed by atoms with Gasteiger partial charge in [0.25, 0.3) is 0 Å². The minimum Gasteiger partial charge on any atom is -0.494 e. The first kappa shape index (κ1) is 15.3. The predicted molar refractivity (Wildman–Crippen MR) is 86.4 cm³/mol. The zero-order valence-electron chi connectivity index (χ0n) is 10.9. The summed E-state index contributed by atoms with van der Waals surface area (Å²) < 4.78 is 5.39. The minimum absolute atomic E-state index is 0.484. The zero-order valence-corrected chi connectivity index (χ0v) is 13.2. The third-order valence-electron chi connectivity index (χ3n) is 2.77. The van der Waals surface area contributed by atoms with Crippen molar-refractivity contribution >= 4 is 40.5 Å². The summed E-state index contributed by atoms with van der Waals surface area (Å²) in [6.07, 6.45) is 0. The van der Waals surface area contributed by atoms with E-state index in [9.17, 15) is 0 Å². The van der Waals surface area contributed by atoms with Gasteiger partial charge in [-0.25, -0.2) is 0 Å². The average molecular weight is 331 g/mol. The smallest absolute Gasteiger partial charge is 0.119 e. The van der Waals surface area contributed by atoms with Gasteiger partial charge in [-0.3, -0.25) is 0 Å². The van der Waals surface area contributed by atoms with E-state index in [2.05, 4.69) is 5.32 Å². The van der Waals surface area contributed by atoms with E-state index in [-0.39, 0.29) is 0 Å². The summed E-state index contributed by atoms with van der Waals surface area (Å²) in [5.74, 6) is 0.844. The van der Waals surface area contributed by atoms with Crippen LogP contribution in [0, 0.1) is 0 Å². The van der Waals surface area contributed by atoms with Crippen LogP contribution in [0.2, 0.25) is 15.1 Å². The number of anilines is 1. The largest absolute Gasteiger partial charge is 0.494 e. The van der Waals surface area contributed by atoms with Gasteiger partial charge in [0.1, 0.15) is 5.75 Å². The molecule has 0 aliphatic heterocycles. The molecule has 0 fully saturated rings. The van der Waals surface area contributed by atoms with Crippen molar-refractivity contribution in [2.45, 2.75) is 13.5 Å². The molecule has 0 aliphatic rings. The number of ether oxygens (including phenoxy) is 1. The van der Waals surface area contributed by atoms with E-state index in [1.165, 1.54) is 0 Å². The van der Waals surface area contributed by atoms with Crippen LogP contribution >= 0.6 is 34.8 Å². The predicted octanol–water partition coefficient (Wildman–Crippen LogP) is 5.66. The zero-order chi connectivity index (χ0) is 14.5. The topological polar surface area (TPSA) is 21.3 Å². The number of rotatable bonds is 5. The van der Waals surface area contributed by atoms with Gasteiger partial charge < -0.3 is 10.1 Å². The molecule has 0 spiro atoms. The van der Waals surface area contributed by atoms with Crippen LogP contribution in [0.15, 0.2) is 36.4 Å². The molecule has 0 aromatic heterocycles. The van der Waals surface area contributed by atoms with Crippen LogP contribution < -0.4 is 10.1 Å². The number of benzene rings is 2. The lowest BCUT2D eigenvalue weighted by Crippen LogP contribution is -2.01. The van der Waals surface area contributed by atoms with Crippen molar-refractivity contribution < 1.29 is 4.74 Å². The third kappa shape index (κ3) is 3.72. The van der Waals surface area contributed by atoms with Crippen molar-refractivity contribution in [1.29, 1.82) is 0 Å². The summed E-state index contributed by atoms with van der Waals surface area (Å²) >= 11 is 18.3. The highest BCUT2D eigenvalue weighted by molar-refractivity contribution is 6.44. The number of hydrogen-bond donors (Lipinski definition) is 1. The van der Waals surface area contributed by atoms with Gasteiger partial charge in [-0.05, 0) is 43.3 Å². The molecular formula is C15H14Cl3NO. The first-order valence-corrected chi connectivity index (χ1v) is 7.34. The van der Waals surface area contributed by atoms with Gasteiger partial charge in [-0.2, -0.15) is 0 Å². The maximum atomic E-state index is 6.15. The fourth-order valence-corrected chi connectivity index (χ4v) is 2.44. The van der Waals surface area contributed by atoms with Crippen LogP contribution in [0.25, 0.3) is 0 Å². The Balaban J connectivity index is 2.07. The molecule has 106 valence electrons. The van der Waals surface area contributed by atoms with E-state index in [4.69, 9.17) is 39.5 Å². The first-order valence-electron chi connectivity index (χ1n) is 6.21. The van der Waals surface area contributed by atoms with E-state index in [0.717, 1.165) is 17.0 Å². The van der Waals surface area contributed by atoms with E-state index in [1.54, 1.807) is 12.1 Å². The van der Waals surface area contributed by atoms with Gasteiger partial charge in [-0.1, -0.05) is 34.8 Å². The van der Waals surface area contributed by atoms with Gasteiger partial charge in [-0.15, -0.1) is 0 Å². The minimum atomic E-state index is 0.484. The lowest BCUT2D eigenvalue weighted by Gasteiger charge is -2.11. The summed E-state index contributed by atoms with van der Waals surface area (Å²) in [5.41, 5.74) is 1.75. The van der Waals surface area contributed by atoms with Crippen molar-refractivity contribution in [3.63, 3.8) is 0 Å². The number of halogens is 3. The molecule has 2 rings (SSSR count). The third-order valence-corrected chi connectivity index (χ3v) is 3.97. The van der Waals surface area contributed by atoms with Gasteiger partial charge >= 0.3 is 0 Å². The molecule has 0 radical (unpaired) electrons. The van der Waals surface area contributed by atoms with E-state index >= 15 is 0 Å². The molecule has 0 heterocycles. The Morgan fingerprint density at radius 3 is 2.25 bits per heavy atom. The van der Waals surface area contributed by atoms with Crippen molar-refractivity contribution in [3.8, 4) is 5.75 Å². The lowest BCUT2D eigenvalue weighted by atomic mass is 10.2. The second-order valence-corrected chi connectivity index (χ2v) is 5.33. The van der Waals surface area contributed by atoms with Gasteiger partial charge in [0.05, 0.1) is 16.7 Å². The molecule has 5 heteroatoms. The molecule has 0 saturated carbocycles. The molecular weight excluding hydrogens is 317 g/mol. The molecule has 1 N–H and O–H groups in total. The van der Waals surface area contributed by atoms with Crippen molar-refractivity contribution in [2.75, 3.05) is 11.9 Å². The highest BCUT2D eigenvalue weighted by atomic mass is 35.5. The van der Waals surface area contributed by atoms with Crippen molar-refractivity contribution in [3.05, 3.63) is 57.0 Å². The molecule has 0 saturated heterocycles. The Morgan fingerprint density at radius 1 is 0.950 bits per heavy atom. The molecule has 2 aromatic carbocycles. The average Bonchev–Trinajstić information content (AvgIpc) is 2.45. The highest BCUT2D eigenvalue weighted by Crippen LogP contribution is 2.32. The fourth-order valence-electron chi connectivity index (χ4n) is 1.76. The molecule has 0 atom stereocenters. The normalized spacial score (nSPS) is 10.4. The summed E-state index contributed by atoms with van der Waals surface area (Å²) in [6.45, 7) is 3.11. The van der Waals surface area contributed by atoms with Crippen LogP contribution in [0.4, 0.5) is 5.69 Å². The molecule has 0 aliphatic carbocycles. The van der Waals surface area contributed by atoms with Gasteiger partial charge in [0.15, 0.2) is 0 Å². The highest BCUT2D eigenvalue weighted by Gasteiger charge is 2.09. The Kier molecular flexibility index (Phi) is 5.41. The lowest BCUT2D eigenvalue weighted by molar-refractivity contribution is 0.340. The van der Waals surface area contributed by atoms with Crippen molar-refractivity contribution in [2.24, 2.45) is 0 Å². The first-order chi connectivity index (χ1) is 9.61. The Morgan fingerprint density at radius 2 is 1.60 bits per heavy atom. The van der Waals surface area contributed by atoms with Crippen LogP contribution in [-0.2, 0) is 6.54 Å².